The number of ether oxygens (including phenoxy) is 1. The van der Waals surface area contributed by atoms with Crippen LogP contribution in [0.4, 0.5) is 16.2 Å². The highest BCUT2D eigenvalue weighted by molar-refractivity contribution is 6.03. The Bertz CT molecular complexity index is 939. The summed E-state index contributed by atoms with van der Waals surface area (Å²) in [7, 11) is 1.44. The number of carboxylic acids is 1. The average Bonchev–Trinajstić information content (AvgIpc) is 2.76. The van der Waals surface area contributed by atoms with Crippen LogP contribution in [0.15, 0.2) is 36.4 Å². The second kappa shape index (κ2) is 9.68. The van der Waals surface area contributed by atoms with Gasteiger partial charge in [-0.2, -0.15) is 4.98 Å². The second-order valence-corrected chi connectivity index (χ2v) is 8.08. The maximum atomic E-state index is 13.4. The van der Waals surface area contributed by atoms with Gasteiger partial charge in [-0.25, -0.2) is 4.79 Å². The SMILES string of the molecule is COc1ccc(NC(=O)N(c2ccccc2C(C)C)[C@H]2CC[C@H](C(=O)O)CC2)c(O)n1. The van der Waals surface area contributed by atoms with Crippen molar-refractivity contribution in [1.82, 2.24) is 4.98 Å². The maximum absolute atomic E-state index is 13.4. The number of rotatable bonds is 6. The van der Waals surface area contributed by atoms with E-state index in [0.29, 0.717) is 25.7 Å². The quantitative estimate of drug-likeness (QED) is 0.621. The van der Waals surface area contributed by atoms with E-state index >= 15 is 0 Å². The minimum absolute atomic E-state index is 0.149. The van der Waals surface area contributed by atoms with Crippen LogP contribution in [-0.4, -0.2) is 40.3 Å². The molecule has 1 aliphatic rings. The monoisotopic (exact) mass is 427 g/mol. The van der Waals surface area contributed by atoms with Gasteiger partial charge in [0.25, 0.3) is 0 Å². The summed E-state index contributed by atoms with van der Waals surface area (Å²) in [5, 5.41) is 22.3. The molecule has 166 valence electrons. The number of anilines is 2. The highest BCUT2D eigenvalue weighted by Crippen LogP contribution is 2.35. The standard InChI is InChI=1S/C23H29N3O5/c1-14(2)17-6-4-5-7-19(17)26(16-10-8-15(9-11-16)22(28)29)23(30)24-18-12-13-20(31-3)25-21(18)27/h4-7,12-16H,8-11H2,1-3H3,(H,24,30)(H,25,27)(H,28,29)/t15-,16-. The van der Waals surface area contributed by atoms with Crippen LogP contribution in [0.5, 0.6) is 11.8 Å². The van der Waals surface area contributed by atoms with E-state index in [1.54, 1.807) is 11.0 Å². The van der Waals surface area contributed by atoms with Gasteiger partial charge < -0.3 is 20.3 Å². The summed E-state index contributed by atoms with van der Waals surface area (Å²) in [6, 6.07) is 10.3. The molecule has 3 N–H and O–H groups in total. The number of urea groups is 1. The Morgan fingerprint density at radius 1 is 1.13 bits per heavy atom. The Labute approximate surface area is 181 Å². The molecule has 1 heterocycles. The lowest BCUT2D eigenvalue weighted by molar-refractivity contribution is -0.142. The highest BCUT2D eigenvalue weighted by Gasteiger charge is 2.34. The summed E-state index contributed by atoms with van der Waals surface area (Å²) in [5.74, 6) is -1.07. The number of carboxylic acid groups (broad SMARTS) is 1. The number of hydrogen-bond donors (Lipinski definition) is 3. The van der Waals surface area contributed by atoms with Gasteiger partial charge in [-0.15, -0.1) is 0 Å². The van der Waals surface area contributed by atoms with Crippen LogP contribution in [0.25, 0.3) is 0 Å². The molecule has 8 nitrogen and oxygen atoms in total. The number of carbonyl (C=O) groups excluding carboxylic acids is 1. The molecule has 0 bridgehead atoms. The fourth-order valence-corrected chi connectivity index (χ4v) is 4.07. The van der Waals surface area contributed by atoms with E-state index in [1.165, 1.54) is 13.2 Å². The third-order valence-corrected chi connectivity index (χ3v) is 5.75. The molecule has 1 aliphatic carbocycles. The summed E-state index contributed by atoms with van der Waals surface area (Å²) < 4.78 is 5.00. The third-order valence-electron chi connectivity index (χ3n) is 5.75. The molecular weight excluding hydrogens is 398 g/mol. The number of benzene rings is 1. The van der Waals surface area contributed by atoms with E-state index in [2.05, 4.69) is 24.1 Å². The minimum Gasteiger partial charge on any atom is -0.492 e. The van der Waals surface area contributed by atoms with Gasteiger partial charge in [0.15, 0.2) is 0 Å². The molecule has 0 saturated heterocycles. The Kier molecular flexibility index (Phi) is 6.99. The van der Waals surface area contributed by atoms with E-state index < -0.39 is 12.0 Å². The molecule has 2 aromatic rings. The largest absolute Gasteiger partial charge is 0.492 e. The van der Waals surface area contributed by atoms with Gasteiger partial charge in [0.2, 0.25) is 11.8 Å². The zero-order valence-corrected chi connectivity index (χ0v) is 18.0. The molecule has 0 aliphatic heterocycles. The van der Waals surface area contributed by atoms with Crippen molar-refractivity contribution in [2.75, 3.05) is 17.3 Å². The molecule has 1 aromatic heterocycles. The van der Waals surface area contributed by atoms with Gasteiger partial charge in [-0.3, -0.25) is 9.69 Å². The van der Waals surface area contributed by atoms with E-state index in [1.807, 2.05) is 24.3 Å². The average molecular weight is 428 g/mol. The molecule has 8 heteroatoms. The number of amides is 2. The summed E-state index contributed by atoms with van der Waals surface area (Å²) in [6.45, 7) is 4.13. The van der Waals surface area contributed by atoms with Crippen LogP contribution in [0, 0.1) is 5.92 Å². The minimum atomic E-state index is -0.786. The van der Waals surface area contributed by atoms with E-state index in [0.717, 1.165) is 11.3 Å². The molecule has 3 rings (SSSR count). The first-order valence-electron chi connectivity index (χ1n) is 10.5. The lowest BCUT2D eigenvalue weighted by Crippen LogP contribution is -2.46. The summed E-state index contributed by atoms with van der Waals surface area (Å²) in [5.41, 5.74) is 1.99. The zero-order chi connectivity index (χ0) is 22.5. The van der Waals surface area contributed by atoms with Crippen molar-refractivity contribution in [2.45, 2.75) is 51.5 Å². The Morgan fingerprint density at radius 2 is 1.81 bits per heavy atom. The van der Waals surface area contributed by atoms with Crippen LogP contribution in [0.3, 0.4) is 0 Å². The number of aliphatic carboxylic acids is 1. The smallest absolute Gasteiger partial charge is 0.326 e. The van der Waals surface area contributed by atoms with Crippen molar-refractivity contribution in [3.8, 4) is 11.8 Å². The van der Waals surface area contributed by atoms with E-state index in [-0.39, 0.29) is 35.3 Å². The van der Waals surface area contributed by atoms with Crippen molar-refractivity contribution in [1.29, 1.82) is 0 Å². The lowest BCUT2D eigenvalue weighted by Gasteiger charge is -2.37. The van der Waals surface area contributed by atoms with Crippen LogP contribution < -0.4 is 15.0 Å². The summed E-state index contributed by atoms with van der Waals surface area (Å²) in [6.07, 6.45) is 2.21. The van der Waals surface area contributed by atoms with Crippen LogP contribution in [0.1, 0.15) is 51.0 Å². The van der Waals surface area contributed by atoms with Crippen molar-refractivity contribution < 1.29 is 24.5 Å². The molecule has 2 amide bonds. The number of nitrogens with one attached hydrogen (secondary N) is 1. The van der Waals surface area contributed by atoms with Crippen LogP contribution >= 0.6 is 0 Å². The van der Waals surface area contributed by atoms with Gasteiger partial charge in [0, 0.05) is 17.8 Å². The number of hydrogen-bond acceptors (Lipinski definition) is 5. The Morgan fingerprint density at radius 3 is 2.39 bits per heavy atom. The predicted molar refractivity (Wildman–Crippen MR) is 118 cm³/mol. The third kappa shape index (κ3) is 5.07. The van der Waals surface area contributed by atoms with Gasteiger partial charge >= 0.3 is 12.0 Å². The Hall–Kier alpha value is -3.29. The van der Waals surface area contributed by atoms with E-state index in [4.69, 9.17) is 4.74 Å². The number of para-hydroxylation sites is 1. The first kappa shape index (κ1) is 22.4. The molecule has 31 heavy (non-hydrogen) atoms. The lowest BCUT2D eigenvalue weighted by atomic mass is 9.85. The normalized spacial score (nSPS) is 18.5. The molecule has 1 fully saturated rings. The van der Waals surface area contributed by atoms with E-state index in [9.17, 15) is 19.8 Å². The van der Waals surface area contributed by atoms with Crippen molar-refractivity contribution in [3.05, 3.63) is 42.0 Å². The second-order valence-electron chi connectivity index (χ2n) is 8.08. The van der Waals surface area contributed by atoms with Crippen LogP contribution in [-0.2, 0) is 4.79 Å². The van der Waals surface area contributed by atoms with Crippen molar-refractivity contribution in [3.63, 3.8) is 0 Å². The van der Waals surface area contributed by atoms with Crippen molar-refractivity contribution >= 4 is 23.4 Å². The summed E-state index contributed by atoms with van der Waals surface area (Å²) >= 11 is 0. The van der Waals surface area contributed by atoms with Gasteiger partial charge in [-0.05, 0) is 49.3 Å². The fraction of sp³-hybridized carbons (Fsp3) is 0.435. The Balaban J connectivity index is 1.93. The molecule has 0 radical (unpaired) electrons. The summed E-state index contributed by atoms with van der Waals surface area (Å²) in [4.78, 5) is 30.4. The molecule has 0 unspecified atom stereocenters. The first-order valence-corrected chi connectivity index (χ1v) is 10.5. The van der Waals surface area contributed by atoms with Gasteiger partial charge in [-0.1, -0.05) is 32.0 Å². The van der Waals surface area contributed by atoms with Crippen molar-refractivity contribution in [2.24, 2.45) is 5.92 Å². The number of carbonyl (C=O) groups is 2. The fourth-order valence-electron chi connectivity index (χ4n) is 4.07. The number of aromatic hydroxyl groups is 1. The van der Waals surface area contributed by atoms with Gasteiger partial charge in [0.1, 0.15) is 5.69 Å². The number of aromatic nitrogens is 1. The molecule has 0 atom stereocenters. The molecule has 0 spiro atoms. The maximum Gasteiger partial charge on any atom is 0.326 e. The first-order chi connectivity index (χ1) is 14.8. The topological polar surface area (TPSA) is 112 Å². The predicted octanol–water partition coefficient (Wildman–Crippen LogP) is 4.60. The molecule has 1 aromatic carbocycles. The number of methoxy groups -OCH3 is 1. The van der Waals surface area contributed by atoms with Gasteiger partial charge in [0.05, 0.1) is 13.0 Å². The highest BCUT2D eigenvalue weighted by atomic mass is 16.5. The molecule has 1 saturated carbocycles. The molecular formula is C23H29N3O5. The van der Waals surface area contributed by atoms with Crippen LogP contribution in [0.2, 0.25) is 0 Å². The number of pyridine rings is 1. The number of nitrogens with zero attached hydrogens (tertiary/aromatic N) is 2. The zero-order valence-electron chi connectivity index (χ0n) is 18.0.